The van der Waals surface area contributed by atoms with Crippen molar-refractivity contribution in [2.24, 2.45) is 11.5 Å². The molecule has 0 aromatic heterocycles. The average molecular weight is 207 g/mol. The predicted octanol–water partition coefficient (Wildman–Crippen LogP) is -0.00370. The van der Waals surface area contributed by atoms with Gasteiger partial charge in [-0.15, -0.1) is 0 Å². The standard InChI is InChI=1S/C10H13N3O2/c11-9(14)8-4-2-1-3-7(8)5-6-13-10(12)15/h1-4H,5-6H2,(H2,11,14)(H3,12,13,15). The molecule has 0 saturated heterocycles. The summed E-state index contributed by atoms with van der Waals surface area (Å²) in [6, 6.07) is 6.42. The molecule has 80 valence electrons. The van der Waals surface area contributed by atoms with Crippen LogP contribution in [0.4, 0.5) is 4.79 Å². The van der Waals surface area contributed by atoms with Crippen molar-refractivity contribution in [2.45, 2.75) is 6.42 Å². The molecule has 0 aliphatic heterocycles. The molecule has 0 saturated carbocycles. The second kappa shape index (κ2) is 4.99. The number of rotatable bonds is 4. The van der Waals surface area contributed by atoms with Crippen LogP contribution in [-0.4, -0.2) is 18.5 Å². The Labute approximate surface area is 87.4 Å². The number of carbonyl (C=O) groups excluding carboxylic acids is 2. The molecule has 0 heterocycles. The second-order valence-electron chi connectivity index (χ2n) is 3.06. The van der Waals surface area contributed by atoms with E-state index in [9.17, 15) is 9.59 Å². The fourth-order valence-corrected chi connectivity index (χ4v) is 1.30. The number of hydrogen-bond acceptors (Lipinski definition) is 2. The molecule has 0 unspecified atom stereocenters. The van der Waals surface area contributed by atoms with Gasteiger partial charge in [-0.1, -0.05) is 18.2 Å². The molecule has 5 N–H and O–H groups in total. The summed E-state index contributed by atoms with van der Waals surface area (Å²) in [6.45, 7) is 0.389. The van der Waals surface area contributed by atoms with E-state index in [4.69, 9.17) is 11.5 Å². The molecule has 5 heteroatoms. The number of urea groups is 1. The van der Waals surface area contributed by atoms with Crippen molar-refractivity contribution in [2.75, 3.05) is 6.54 Å². The smallest absolute Gasteiger partial charge is 0.312 e. The monoisotopic (exact) mass is 207 g/mol. The van der Waals surface area contributed by atoms with Crippen LogP contribution in [0.3, 0.4) is 0 Å². The molecule has 1 rings (SSSR count). The first-order valence-electron chi connectivity index (χ1n) is 4.52. The van der Waals surface area contributed by atoms with E-state index < -0.39 is 11.9 Å². The van der Waals surface area contributed by atoms with Gasteiger partial charge in [0.1, 0.15) is 0 Å². The zero-order chi connectivity index (χ0) is 11.3. The molecule has 0 aliphatic rings. The minimum Gasteiger partial charge on any atom is -0.366 e. The maximum Gasteiger partial charge on any atom is 0.312 e. The molecule has 5 nitrogen and oxygen atoms in total. The van der Waals surface area contributed by atoms with E-state index in [0.717, 1.165) is 5.56 Å². The number of benzene rings is 1. The van der Waals surface area contributed by atoms with Gasteiger partial charge in [0.15, 0.2) is 0 Å². The molecule has 15 heavy (non-hydrogen) atoms. The summed E-state index contributed by atoms with van der Waals surface area (Å²) in [7, 11) is 0. The highest BCUT2D eigenvalue weighted by molar-refractivity contribution is 5.94. The summed E-state index contributed by atoms with van der Waals surface area (Å²) in [6.07, 6.45) is 0.530. The van der Waals surface area contributed by atoms with E-state index in [1.54, 1.807) is 18.2 Å². The molecule has 0 radical (unpaired) electrons. The van der Waals surface area contributed by atoms with Crippen molar-refractivity contribution in [1.29, 1.82) is 0 Å². The first-order valence-corrected chi connectivity index (χ1v) is 4.52. The van der Waals surface area contributed by atoms with Crippen LogP contribution < -0.4 is 16.8 Å². The molecule has 0 spiro atoms. The van der Waals surface area contributed by atoms with Gasteiger partial charge in [0.2, 0.25) is 5.91 Å². The molecular formula is C10H13N3O2. The molecular weight excluding hydrogens is 194 g/mol. The van der Waals surface area contributed by atoms with Crippen molar-refractivity contribution >= 4 is 11.9 Å². The first kappa shape index (κ1) is 11.0. The van der Waals surface area contributed by atoms with Crippen LogP contribution in [0.25, 0.3) is 0 Å². The minimum absolute atomic E-state index is 0.389. The summed E-state index contributed by atoms with van der Waals surface area (Å²) in [5, 5.41) is 2.45. The van der Waals surface area contributed by atoms with Gasteiger partial charge in [-0.3, -0.25) is 4.79 Å². The Hall–Kier alpha value is -2.04. The number of hydrogen-bond donors (Lipinski definition) is 3. The Kier molecular flexibility index (Phi) is 3.68. The largest absolute Gasteiger partial charge is 0.366 e. The Morgan fingerprint density at radius 2 is 1.87 bits per heavy atom. The van der Waals surface area contributed by atoms with E-state index in [-0.39, 0.29) is 0 Å². The van der Waals surface area contributed by atoms with Crippen molar-refractivity contribution in [3.8, 4) is 0 Å². The lowest BCUT2D eigenvalue weighted by Crippen LogP contribution is -2.31. The molecule has 0 aliphatic carbocycles. The number of nitrogens with two attached hydrogens (primary N) is 2. The highest BCUT2D eigenvalue weighted by atomic mass is 16.2. The zero-order valence-corrected chi connectivity index (χ0v) is 8.19. The third-order valence-electron chi connectivity index (χ3n) is 1.98. The van der Waals surface area contributed by atoms with Crippen LogP contribution in [0.1, 0.15) is 15.9 Å². The molecule has 0 bridgehead atoms. The maximum atomic E-state index is 11.0. The zero-order valence-electron chi connectivity index (χ0n) is 8.19. The van der Waals surface area contributed by atoms with Gasteiger partial charge in [0.05, 0.1) is 0 Å². The molecule has 1 aromatic carbocycles. The van der Waals surface area contributed by atoms with Crippen molar-refractivity contribution in [1.82, 2.24) is 5.32 Å². The highest BCUT2D eigenvalue weighted by Crippen LogP contribution is 2.07. The van der Waals surface area contributed by atoms with Crippen LogP contribution in [0, 0.1) is 0 Å². The summed E-state index contributed by atoms with van der Waals surface area (Å²) in [5.41, 5.74) is 11.4. The van der Waals surface area contributed by atoms with Crippen molar-refractivity contribution in [3.63, 3.8) is 0 Å². The predicted molar refractivity (Wildman–Crippen MR) is 56.3 cm³/mol. The van der Waals surface area contributed by atoms with Crippen LogP contribution >= 0.6 is 0 Å². The van der Waals surface area contributed by atoms with E-state index >= 15 is 0 Å². The lowest BCUT2D eigenvalue weighted by molar-refractivity contribution is 0.0999. The fraction of sp³-hybridized carbons (Fsp3) is 0.200. The summed E-state index contributed by atoms with van der Waals surface area (Å²) >= 11 is 0. The van der Waals surface area contributed by atoms with Crippen molar-refractivity contribution in [3.05, 3.63) is 35.4 Å². The molecule has 0 atom stereocenters. The number of primary amides is 2. The third-order valence-corrected chi connectivity index (χ3v) is 1.98. The normalized spacial score (nSPS) is 9.60. The first-order chi connectivity index (χ1) is 7.11. The number of amides is 3. The fourth-order valence-electron chi connectivity index (χ4n) is 1.30. The van der Waals surface area contributed by atoms with Gasteiger partial charge in [0.25, 0.3) is 0 Å². The van der Waals surface area contributed by atoms with Gasteiger partial charge in [0, 0.05) is 12.1 Å². The van der Waals surface area contributed by atoms with E-state index in [0.29, 0.717) is 18.5 Å². The molecule has 1 aromatic rings. The Balaban J connectivity index is 2.67. The van der Waals surface area contributed by atoms with Gasteiger partial charge in [-0.2, -0.15) is 0 Å². The second-order valence-corrected chi connectivity index (χ2v) is 3.06. The van der Waals surface area contributed by atoms with Crippen molar-refractivity contribution < 1.29 is 9.59 Å². The van der Waals surface area contributed by atoms with Crippen LogP contribution in [-0.2, 0) is 6.42 Å². The Morgan fingerprint density at radius 3 is 2.47 bits per heavy atom. The Morgan fingerprint density at radius 1 is 1.20 bits per heavy atom. The van der Waals surface area contributed by atoms with Crippen LogP contribution in [0.15, 0.2) is 24.3 Å². The Bertz CT molecular complexity index is 377. The topological polar surface area (TPSA) is 98.2 Å². The lowest BCUT2D eigenvalue weighted by Gasteiger charge is -2.06. The summed E-state index contributed by atoms with van der Waals surface area (Å²) in [5.74, 6) is -0.468. The van der Waals surface area contributed by atoms with E-state index in [1.807, 2.05) is 6.07 Å². The third kappa shape index (κ3) is 3.30. The number of nitrogens with one attached hydrogen (secondary N) is 1. The van der Waals surface area contributed by atoms with E-state index in [2.05, 4.69) is 5.32 Å². The van der Waals surface area contributed by atoms with Crippen LogP contribution in [0.5, 0.6) is 0 Å². The molecule has 0 fully saturated rings. The SMILES string of the molecule is NC(=O)NCCc1ccccc1C(N)=O. The van der Waals surface area contributed by atoms with Gasteiger partial charge >= 0.3 is 6.03 Å². The lowest BCUT2D eigenvalue weighted by atomic mass is 10.0. The van der Waals surface area contributed by atoms with E-state index in [1.165, 1.54) is 0 Å². The number of carbonyl (C=O) groups is 2. The van der Waals surface area contributed by atoms with Gasteiger partial charge < -0.3 is 16.8 Å². The van der Waals surface area contributed by atoms with Gasteiger partial charge in [-0.25, -0.2) is 4.79 Å². The summed E-state index contributed by atoms with van der Waals surface area (Å²) < 4.78 is 0. The maximum absolute atomic E-state index is 11.0. The minimum atomic E-state index is -0.577. The quantitative estimate of drug-likeness (QED) is 0.647. The highest BCUT2D eigenvalue weighted by Gasteiger charge is 2.06. The summed E-state index contributed by atoms with van der Waals surface area (Å²) in [4.78, 5) is 21.5. The van der Waals surface area contributed by atoms with Crippen LogP contribution in [0.2, 0.25) is 0 Å². The van der Waals surface area contributed by atoms with Gasteiger partial charge in [-0.05, 0) is 18.1 Å². The average Bonchev–Trinajstić information content (AvgIpc) is 2.17. The molecule has 3 amide bonds.